The molecule has 6 heteroatoms. The zero-order chi connectivity index (χ0) is 13.5. The SMILES string of the molecule is CC(C)N(CCNC(=O)C1CCCCN1)C(C)C.Cl.Cl. The van der Waals surface area contributed by atoms with E-state index in [0.717, 1.165) is 32.5 Å². The molecule has 122 valence electrons. The van der Waals surface area contributed by atoms with Crippen LogP contribution in [0.15, 0.2) is 0 Å². The number of hydrogen-bond donors (Lipinski definition) is 2. The van der Waals surface area contributed by atoms with Crippen molar-refractivity contribution in [2.45, 2.75) is 65.1 Å². The second-order valence-electron chi connectivity index (χ2n) is 5.72. The molecule has 1 saturated heterocycles. The van der Waals surface area contributed by atoms with Gasteiger partial charge >= 0.3 is 0 Å². The molecule has 1 atom stereocenters. The first kappa shape index (κ1) is 22.3. The van der Waals surface area contributed by atoms with E-state index < -0.39 is 0 Å². The summed E-state index contributed by atoms with van der Waals surface area (Å²) in [5, 5.41) is 6.33. The van der Waals surface area contributed by atoms with E-state index in [1.54, 1.807) is 0 Å². The van der Waals surface area contributed by atoms with Crippen LogP contribution >= 0.6 is 24.8 Å². The lowest BCUT2D eigenvalue weighted by Gasteiger charge is -2.31. The maximum absolute atomic E-state index is 11.9. The molecule has 0 aromatic heterocycles. The van der Waals surface area contributed by atoms with Crippen molar-refractivity contribution in [2.24, 2.45) is 0 Å². The number of carbonyl (C=O) groups is 1. The summed E-state index contributed by atoms with van der Waals surface area (Å²) in [6.45, 7) is 11.4. The summed E-state index contributed by atoms with van der Waals surface area (Å²) in [5.41, 5.74) is 0. The Hall–Kier alpha value is -0.0300. The number of rotatable bonds is 6. The van der Waals surface area contributed by atoms with Crippen LogP contribution < -0.4 is 10.6 Å². The van der Waals surface area contributed by atoms with E-state index in [1.807, 2.05) is 0 Å². The van der Waals surface area contributed by atoms with Crippen LogP contribution in [-0.4, -0.2) is 48.6 Å². The van der Waals surface area contributed by atoms with Crippen LogP contribution in [0.5, 0.6) is 0 Å². The molecule has 0 bridgehead atoms. The fourth-order valence-corrected chi connectivity index (χ4v) is 2.62. The third-order valence-corrected chi connectivity index (χ3v) is 3.62. The van der Waals surface area contributed by atoms with Gasteiger partial charge in [-0.15, -0.1) is 24.8 Å². The highest BCUT2D eigenvalue weighted by Crippen LogP contribution is 2.07. The minimum absolute atomic E-state index is 0. The van der Waals surface area contributed by atoms with Gasteiger partial charge in [-0.2, -0.15) is 0 Å². The minimum Gasteiger partial charge on any atom is -0.353 e. The smallest absolute Gasteiger partial charge is 0.237 e. The quantitative estimate of drug-likeness (QED) is 0.786. The summed E-state index contributed by atoms with van der Waals surface area (Å²) in [4.78, 5) is 14.3. The average molecular weight is 328 g/mol. The van der Waals surface area contributed by atoms with Crippen LogP contribution in [0.4, 0.5) is 0 Å². The predicted molar refractivity (Wildman–Crippen MR) is 90.1 cm³/mol. The van der Waals surface area contributed by atoms with Crippen molar-refractivity contribution < 1.29 is 4.79 Å². The summed E-state index contributed by atoms with van der Waals surface area (Å²) in [5.74, 6) is 0.169. The van der Waals surface area contributed by atoms with Gasteiger partial charge < -0.3 is 10.6 Å². The molecule has 0 aromatic carbocycles. The highest BCUT2D eigenvalue weighted by Gasteiger charge is 2.20. The van der Waals surface area contributed by atoms with E-state index in [0.29, 0.717) is 12.1 Å². The van der Waals surface area contributed by atoms with Gasteiger partial charge in [0.1, 0.15) is 0 Å². The van der Waals surface area contributed by atoms with Crippen molar-refractivity contribution in [3.63, 3.8) is 0 Å². The molecule has 4 nitrogen and oxygen atoms in total. The Labute approximate surface area is 136 Å². The molecule has 1 rings (SSSR count). The average Bonchev–Trinajstić information content (AvgIpc) is 2.34. The number of hydrogen-bond acceptors (Lipinski definition) is 3. The van der Waals surface area contributed by atoms with Crippen molar-refractivity contribution >= 4 is 30.7 Å². The lowest BCUT2D eigenvalue weighted by molar-refractivity contribution is -0.123. The van der Waals surface area contributed by atoms with Gasteiger partial charge in [0.15, 0.2) is 0 Å². The second kappa shape index (κ2) is 11.6. The monoisotopic (exact) mass is 327 g/mol. The molecule has 2 N–H and O–H groups in total. The molecule has 1 fully saturated rings. The van der Waals surface area contributed by atoms with Crippen LogP contribution in [0.1, 0.15) is 47.0 Å². The maximum Gasteiger partial charge on any atom is 0.237 e. The zero-order valence-electron chi connectivity index (χ0n) is 13.1. The predicted octanol–water partition coefficient (Wildman–Crippen LogP) is 2.21. The molecule has 0 radical (unpaired) electrons. The molecule has 1 aliphatic heterocycles. The summed E-state index contributed by atoms with van der Waals surface area (Å²) >= 11 is 0. The van der Waals surface area contributed by atoms with Gasteiger partial charge in [-0.25, -0.2) is 0 Å². The Morgan fingerprint density at radius 1 is 1.20 bits per heavy atom. The third kappa shape index (κ3) is 7.67. The van der Waals surface area contributed by atoms with E-state index in [4.69, 9.17) is 0 Å². The highest BCUT2D eigenvalue weighted by molar-refractivity contribution is 5.85. The maximum atomic E-state index is 11.9. The van der Waals surface area contributed by atoms with Crippen LogP contribution in [0, 0.1) is 0 Å². The fourth-order valence-electron chi connectivity index (χ4n) is 2.62. The number of amides is 1. The van der Waals surface area contributed by atoms with E-state index in [1.165, 1.54) is 6.42 Å². The summed E-state index contributed by atoms with van der Waals surface area (Å²) in [6, 6.07) is 1.08. The van der Waals surface area contributed by atoms with Crippen molar-refractivity contribution in [2.75, 3.05) is 19.6 Å². The van der Waals surface area contributed by atoms with E-state index in [2.05, 4.69) is 43.2 Å². The van der Waals surface area contributed by atoms with Gasteiger partial charge in [-0.05, 0) is 47.1 Å². The van der Waals surface area contributed by atoms with Gasteiger partial charge in [0.25, 0.3) is 0 Å². The Morgan fingerprint density at radius 3 is 2.25 bits per heavy atom. The Bertz CT molecular complexity index is 249. The van der Waals surface area contributed by atoms with Crippen molar-refractivity contribution in [3.8, 4) is 0 Å². The summed E-state index contributed by atoms with van der Waals surface area (Å²) in [6.07, 6.45) is 3.33. The number of nitrogens with zero attached hydrogens (tertiary/aromatic N) is 1. The van der Waals surface area contributed by atoms with Crippen LogP contribution in [0.25, 0.3) is 0 Å². The molecule has 1 amide bonds. The van der Waals surface area contributed by atoms with Crippen LogP contribution in [0.3, 0.4) is 0 Å². The number of halogens is 2. The standard InChI is InChI=1S/C14H29N3O.2ClH/c1-11(2)17(12(3)4)10-9-16-14(18)13-7-5-6-8-15-13;;/h11-13,15H,5-10H2,1-4H3,(H,16,18);2*1H. The normalized spacial score (nSPS) is 18.6. The summed E-state index contributed by atoms with van der Waals surface area (Å²) < 4.78 is 0. The van der Waals surface area contributed by atoms with Gasteiger partial charge in [-0.1, -0.05) is 6.42 Å². The Morgan fingerprint density at radius 2 is 1.80 bits per heavy atom. The Kier molecular flexibility index (Phi) is 12.9. The van der Waals surface area contributed by atoms with Crippen molar-refractivity contribution in [1.29, 1.82) is 0 Å². The van der Waals surface area contributed by atoms with Gasteiger partial charge in [-0.3, -0.25) is 9.69 Å². The van der Waals surface area contributed by atoms with Crippen LogP contribution in [0.2, 0.25) is 0 Å². The largest absolute Gasteiger partial charge is 0.353 e. The number of nitrogens with one attached hydrogen (secondary N) is 2. The topological polar surface area (TPSA) is 44.4 Å². The van der Waals surface area contributed by atoms with E-state index in [-0.39, 0.29) is 36.8 Å². The van der Waals surface area contributed by atoms with E-state index >= 15 is 0 Å². The van der Waals surface area contributed by atoms with Crippen molar-refractivity contribution in [1.82, 2.24) is 15.5 Å². The molecule has 1 heterocycles. The third-order valence-electron chi connectivity index (χ3n) is 3.62. The molecule has 0 aromatic rings. The Balaban J connectivity index is 0. The lowest BCUT2D eigenvalue weighted by Crippen LogP contribution is -2.49. The molecule has 1 unspecified atom stereocenters. The first-order valence-electron chi connectivity index (χ1n) is 7.29. The highest BCUT2D eigenvalue weighted by atomic mass is 35.5. The second-order valence-corrected chi connectivity index (χ2v) is 5.72. The molecular formula is C14H31Cl2N3O. The minimum atomic E-state index is 0. The molecule has 0 spiro atoms. The molecule has 0 saturated carbocycles. The fraction of sp³-hybridized carbons (Fsp3) is 0.929. The van der Waals surface area contributed by atoms with Gasteiger partial charge in [0.2, 0.25) is 5.91 Å². The molecular weight excluding hydrogens is 297 g/mol. The van der Waals surface area contributed by atoms with Gasteiger partial charge in [0, 0.05) is 25.2 Å². The van der Waals surface area contributed by atoms with E-state index in [9.17, 15) is 4.79 Å². The first-order chi connectivity index (χ1) is 8.52. The van der Waals surface area contributed by atoms with Gasteiger partial charge in [0.05, 0.1) is 6.04 Å². The number of piperidine rings is 1. The van der Waals surface area contributed by atoms with Crippen molar-refractivity contribution in [3.05, 3.63) is 0 Å². The first-order valence-corrected chi connectivity index (χ1v) is 7.29. The number of carbonyl (C=O) groups excluding carboxylic acids is 1. The molecule has 1 aliphatic rings. The summed E-state index contributed by atoms with van der Waals surface area (Å²) in [7, 11) is 0. The molecule has 20 heavy (non-hydrogen) atoms. The lowest BCUT2D eigenvalue weighted by atomic mass is 10.0. The zero-order valence-corrected chi connectivity index (χ0v) is 14.8. The molecule has 0 aliphatic carbocycles. The van der Waals surface area contributed by atoms with Crippen LogP contribution in [-0.2, 0) is 4.79 Å².